The monoisotopic (exact) mass is 271 g/mol. The summed E-state index contributed by atoms with van der Waals surface area (Å²) in [6, 6.07) is 1.75. The Kier molecular flexibility index (Phi) is 4.97. The van der Waals surface area contributed by atoms with Gasteiger partial charge in [0.05, 0.1) is 6.42 Å². The fourth-order valence-electron chi connectivity index (χ4n) is 1.64. The molecule has 0 fully saturated rings. The molecular formula is C13H15F2NO3. The lowest BCUT2D eigenvalue weighted by Crippen LogP contribution is -2.44. The van der Waals surface area contributed by atoms with Crippen molar-refractivity contribution in [1.29, 1.82) is 0 Å². The molecule has 19 heavy (non-hydrogen) atoms. The van der Waals surface area contributed by atoms with Crippen LogP contribution in [0.3, 0.4) is 0 Å². The molecule has 1 aromatic rings. The van der Waals surface area contributed by atoms with E-state index < -0.39 is 29.6 Å². The topological polar surface area (TPSA) is 66.4 Å². The largest absolute Gasteiger partial charge is 0.480 e. The quantitative estimate of drug-likeness (QED) is 0.857. The predicted molar refractivity (Wildman–Crippen MR) is 64.5 cm³/mol. The Balaban J connectivity index is 2.71. The minimum Gasteiger partial charge on any atom is -0.480 e. The van der Waals surface area contributed by atoms with Crippen molar-refractivity contribution in [2.75, 3.05) is 0 Å². The average molecular weight is 271 g/mol. The highest BCUT2D eigenvalue weighted by Crippen LogP contribution is 2.09. The molecule has 0 aliphatic heterocycles. The molecule has 4 nitrogen and oxygen atoms in total. The molecule has 0 spiro atoms. The van der Waals surface area contributed by atoms with E-state index in [2.05, 4.69) is 5.32 Å². The third kappa shape index (κ3) is 4.65. The molecule has 0 unspecified atom stereocenters. The summed E-state index contributed by atoms with van der Waals surface area (Å²) >= 11 is 0. The zero-order valence-corrected chi connectivity index (χ0v) is 10.6. The third-order valence-electron chi connectivity index (χ3n) is 2.54. The van der Waals surface area contributed by atoms with Crippen molar-refractivity contribution < 1.29 is 23.5 Å². The SMILES string of the molecule is CC(C)[C@H](NC(=O)Cc1cc(F)cc(F)c1)C(=O)O. The van der Waals surface area contributed by atoms with Gasteiger partial charge >= 0.3 is 5.97 Å². The molecule has 0 radical (unpaired) electrons. The van der Waals surface area contributed by atoms with E-state index in [1.54, 1.807) is 13.8 Å². The van der Waals surface area contributed by atoms with Gasteiger partial charge in [-0.1, -0.05) is 13.8 Å². The maximum Gasteiger partial charge on any atom is 0.326 e. The lowest BCUT2D eigenvalue weighted by atomic mass is 10.0. The molecule has 0 aromatic heterocycles. The fourth-order valence-corrected chi connectivity index (χ4v) is 1.64. The first kappa shape index (κ1) is 15.1. The maximum absolute atomic E-state index is 12.9. The summed E-state index contributed by atoms with van der Waals surface area (Å²) < 4.78 is 25.9. The van der Waals surface area contributed by atoms with Crippen molar-refractivity contribution in [2.24, 2.45) is 5.92 Å². The van der Waals surface area contributed by atoms with Crippen LogP contribution >= 0.6 is 0 Å². The number of carbonyl (C=O) groups is 2. The molecule has 0 aliphatic rings. The lowest BCUT2D eigenvalue weighted by Gasteiger charge is -2.17. The maximum atomic E-state index is 12.9. The van der Waals surface area contributed by atoms with Crippen LogP contribution in [-0.4, -0.2) is 23.0 Å². The first-order valence-corrected chi connectivity index (χ1v) is 5.76. The molecule has 0 saturated heterocycles. The minimum atomic E-state index is -1.14. The van der Waals surface area contributed by atoms with Gasteiger partial charge in [-0.25, -0.2) is 13.6 Å². The molecule has 0 saturated carbocycles. The molecule has 0 aliphatic carbocycles. The number of aliphatic carboxylic acids is 1. The molecule has 0 bridgehead atoms. The fraction of sp³-hybridized carbons (Fsp3) is 0.385. The van der Waals surface area contributed by atoms with Crippen molar-refractivity contribution in [1.82, 2.24) is 5.32 Å². The molecule has 104 valence electrons. The number of carboxylic acids is 1. The molecule has 1 rings (SSSR count). The molecule has 6 heteroatoms. The summed E-state index contributed by atoms with van der Waals surface area (Å²) in [5.74, 6) is -3.58. The number of hydrogen-bond donors (Lipinski definition) is 2. The number of amides is 1. The summed E-state index contributed by atoms with van der Waals surface area (Å²) in [7, 11) is 0. The normalized spacial score (nSPS) is 12.3. The van der Waals surface area contributed by atoms with E-state index in [0.717, 1.165) is 12.1 Å². The Labute approximate surface area is 109 Å². The smallest absolute Gasteiger partial charge is 0.326 e. The van der Waals surface area contributed by atoms with E-state index in [0.29, 0.717) is 6.07 Å². The van der Waals surface area contributed by atoms with Crippen molar-refractivity contribution in [2.45, 2.75) is 26.3 Å². The van der Waals surface area contributed by atoms with Gasteiger partial charge in [-0.15, -0.1) is 0 Å². The predicted octanol–water partition coefficient (Wildman–Crippen LogP) is 1.73. The van der Waals surface area contributed by atoms with Crippen LogP contribution in [0.15, 0.2) is 18.2 Å². The second-order valence-corrected chi connectivity index (χ2v) is 4.58. The first-order chi connectivity index (χ1) is 8.79. The van der Waals surface area contributed by atoms with Crippen LogP contribution in [0.2, 0.25) is 0 Å². The van der Waals surface area contributed by atoms with Crippen LogP contribution in [-0.2, 0) is 16.0 Å². The van der Waals surface area contributed by atoms with Crippen LogP contribution in [0.4, 0.5) is 8.78 Å². The molecule has 1 atom stereocenters. The van der Waals surface area contributed by atoms with E-state index in [1.807, 2.05) is 0 Å². The number of nitrogens with one attached hydrogen (secondary N) is 1. The zero-order chi connectivity index (χ0) is 14.6. The Bertz CT molecular complexity index is 469. The second kappa shape index (κ2) is 6.26. The van der Waals surface area contributed by atoms with E-state index in [4.69, 9.17) is 5.11 Å². The van der Waals surface area contributed by atoms with Crippen LogP contribution in [0.25, 0.3) is 0 Å². The van der Waals surface area contributed by atoms with E-state index in [1.165, 1.54) is 0 Å². The minimum absolute atomic E-state index is 0.155. The molecular weight excluding hydrogens is 256 g/mol. The highest BCUT2D eigenvalue weighted by molar-refractivity contribution is 5.85. The van der Waals surface area contributed by atoms with Crippen molar-refractivity contribution in [3.05, 3.63) is 35.4 Å². The molecule has 1 amide bonds. The van der Waals surface area contributed by atoms with Gasteiger partial charge in [0, 0.05) is 6.07 Å². The Morgan fingerprint density at radius 2 is 1.74 bits per heavy atom. The van der Waals surface area contributed by atoms with Crippen molar-refractivity contribution >= 4 is 11.9 Å². The van der Waals surface area contributed by atoms with Gasteiger partial charge in [-0.05, 0) is 23.6 Å². The van der Waals surface area contributed by atoms with Crippen LogP contribution in [0.1, 0.15) is 19.4 Å². The highest BCUT2D eigenvalue weighted by Gasteiger charge is 2.23. The first-order valence-electron chi connectivity index (χ1n) is 5.76. The number of rotatable bonds is 5. The Hall–Kier alpha value is -1.98. The number of benzene rings is 1. The van der Waals surface area contributed by atoms with E-state index in [9.17, 15) is 18.4 Å². The zero-order valence-electron chi connectivity index (χ0n) is 10.6. The van der Waals surface area contributed by atoms with Gasteiger partial charge in [0.15, 0.2) is 0 Å². The van der Waals surface area contributed by atoms with Gasteiger partial charge in [0.1, 0.15) is 17.7 Å². The molecule has 2 N–H and O–H groups in total. The number of halogens is 2. The number of carbonyl (C=O) groups excluding carboxylic acids is 1. The molecule has 1 aromatic carbocycles. The van der Waals surface area contributed by atoms with Gasteiger partial charge in [0.25, 0.3) is 0 Å². The lowest BCUT2D eigenvalue weighted by molar-refractivity contribution is -0.143. The average Bonchev–Trinajstić information content (AvgIpc) is 2.23. The summed E-state index contributed by atoms with van der Waals surface area (Å²) in [6.45, 7) is 3.31. The van der Waals surface area contributed by atoms with Crippen LogP contribution in [0.5, 0.6) is 0 Å². The summed E-state index contributed by atoms with van der Waals surface area (Å²) in [5.41, 5.74) is 0.155. The second-order valence-electron chi connectivity index (χ2n) is 4.58. The van der Waals surface area contributed by atoms with Crippen molar-refractivity contribution in [3.8, 4) is 0 Å². The molecule has 0 heterocycles. The summed E-state index contributed by atoms with van der Waals surface area (Å²) in [4.78, 5) is 22.5. The van der Waals surface area contributed by atoms with Gasteiger partial charge in [-0.2, -0.15) is 0 Å². The van der Waals surface area contributed by atoms with E-state index >= 15 is 0 Å². The Morgan fingerprint density at radius 3 is 2.16 bits per heavy atom. The third-order valence-corrected chi connectivity index (χ3v) is 2.54. The van der Waals surface area contributed by atoms with E-state index in [-0.39, 0.29) is 17.9 Å². The van der Waals surface area contributed by atoms with Gasteiger partial charge in [0.2, 0.25) is 5.91 Å². The van der Waals surface area contributed by atoms with Crippen molar-refractivity contribution in [3.63, 3.8) is 0 Å². The standard InChI is InChI=1S/C13H15F2NO3/c1-7(2)12(13(18)19)16-11(17)5-8-3-9(14)6-10(15)4-8/h3-4,6-7,12H,5H2,1-2H3,(H,16,17)(H,18,19)/t12-/m0/s1. The number of hydrogen-bond acceptors (Lipinski definition) is 2. The highest BCUT2D eigenvalue weighted by atomic mass is 19.1. The number of carboxylic acid groups (broad SMARTS) is 1. The Morgan fingerprint density at radius 1 is 1.21 bits per heavy atom. The summed E-state index contributed by atoms with van der Waals surface area (Å²) in [5, 5.41) is 11.2. The van der Waals surface area contributed by atoms with Crippen LogP contribution in [0, 0.1) is 17.6 Å². The van der Waals surface area contributed by atoms with Gasteiger partial charge in [-0.3, -0.25) is 4.79 Å². The van der Waals surface area contributed by atoms with Gasteiger partial charge < -0.3 is 10.4 Å². The van der Waals surface area contributed by atoms with Crippen LogP contribution < -0.4 is 5.32 Å². The summed E-state index contributed by atoms with van der Waals surface area (Å²) in [6.07, 6.45) is -0.273.